The summed E-state index contributed by atoms with van der Waals surface area (Å²) >= 11 is 0. The number of hydrogen-bond donors (Lipinski definition) is 0. The van der Waals surface area contributed by atoms with Gasteiger partial charge in [0.05, 0.1) is 11.1 Å². The predicted octanol–water partition coefficient (Wildman–Crippen LogP) is 2.94. The minimum atomic E-state index is -3.56. The monoisotopic (exact) mass is 278 g/mol. The Balaban J connectivity index is 2.37. The van der Waals surface area contributed by atoms with E-state index in [1.54, 1.807) is 12.1 Å². The summed E-state index contributed by atoms with van der Waals surface area (Å²) in [6, 6.07) is 7.04. The minimum Gasteiger partial charge on any atom is -0.199 e. The summed E-state index contributed by atoms with van der Waals surface area (Å²) in [7, 11) is -3.56. The quantitative estimate of drug-likeness (QED) is 0.864. The van der Waals surface area contributed by atoms with E-state index in [1.807, 2.05) is 19.1 Å². The van der Waals surface area contributed by atoms with Crippen LogP contribution in [0, 0.1) is 6.92 Å². The van der Waals surface area contributed by atoms with Crippen molar-refractivity contribution >= 4 is 10.0 Å². The molecule has 0 saturated carbocycles. The maximum atomic E-state index is 12.3. The van der Waals surface area contributed by atoms with E-state index >= 15 is 0 Å². The molecule has 1 atom stereocenters. The molecule has 0 spiro atoms. The van der Waals surface area contributed by atoms with Crippen LogP contribution in [0.15, 0.2) is 41.6 Å². The molecule has 102 valence electrons. The molecule has 0 aliphatic rings. The fourth-order valence-electron chi connectivity index (χ4n) is 1.83. The van der Waals surface area contributed by atoms with Crippen molar-refractivity contribution < 1.29 is 8.42 Å². The van der Waals surface area contributed by atoms with Crippen molar-refractivity contribution in [3.8, 4) is 0 Å². The van der Waals surface area contributed by atoms with E-state index < -0.39 is 10.0 Å². The zero-order valence-corrected chi connectivity index (χ0v) is 12.2. The van der Waals surface area contributed by atoms with Crippen molar-refractivity contribution in [1.82, 2.24) is 9.19 Å². The third-order valence-electron chi connectivity index (χ3n) is 3.29. The van der Waals surface area contributed by atoms with Gasteiger partial charge in [-0.2, -0.15) is 17.6 Å². The molecule has 1 aromatic heterocycles. The van der Waals surface area contributed by atoms with E-state index in [4.69, 9.17) is 0 Å². The van der Waals surface area contributed by atoms with Crippen LogP contribution >= 0.6 is 0 Å². The van der Waals surface area contributed by atoms with Crippen molar-refractivity contribution in [2.75, 3.05) is 0 Å². The highest BCUT2D eigenvalue weighted by Gasteiger charge is 2.17. The van der Waals surface area contributed by atoms with Gasteiger partial charge in [-0.3, -0.25) is 0 Å². The molecule has 0 fully saturated rings. The van der Waals surface area contributed by atoms with E-state index in [0.717, 1.165) is 21.6 Å². The SMILES string of the molecule is CCC(C)c1ccc(S(=O)(=O)n2cc(C)cn2)cc1. The van der Waals surface area contributed by atoms with Gasteiger partial charge >= 0.3 is 0 Å². The molecule has 0 bridgehead atoms. The normalized spacial score (nSPS) is 13.4. The van der Waals surface area contributed by atoms with Crippen LogP contribution in [0.2, 0.25) is 0 Å². The number of rotatable bonds is 4. The summed E-state index contributed by atoms with van der Waals surface area (Å²) in [5.74, 6) is 0.434. The summed E-state index contributed by atoms with van der Waals surface area (Å²) in [6.45, 7) is 6.05. The number of aryl methyl sites for hydroxylation is 1. The number of aromatic nitrogens is 2. The molecule has 1 heterocycles. The Labute approximate surface area is 114 Å². The molecule has 1 unspecified atom stereocenters. The van der Waals surface area contributed by atoms with Gasteiger partial charge in [0.2, 0.25) is 0 Å². The highest BCUT2D eigenvalue weighted by Crippen LogP contribution is 2.21. The molecule has 2 aromatic rings. The lowest BCUT2D eigenvalue weighted by Crippen LogP contribution is -2.13. The van der Waals surface area contributed by atoms with Crippen LogP contribution in [0.5, 0.6) is 0 Å². The van der Waals surface area contributed by atoms with Crippen molar-refractivity contribution in [3.05, 3.63) is 47.8 Å². The van der Waals surface area contributed by atoms with E-state index in [-0.39, 0.29) is 4.90 Å². The second-order valence-corrected chi connectivity index (χ2v) is 6.57. The maximum absolute atomic E-state index is 12.3. The molecule has 19 heavy (non-hydrogen) atoms. The molecule has 0 amide bonds. The zero-order valence-electron chi connectivity index (χ0n) is 11.4. The lowest BCUT2D eigenvalue weighted by atomic mass is 9.99. The standard InChI is InChI=1S/C14H18N2O2S/c1-4-12(3)13-5-7-14(8-6-13)19(17,18)16-10-11(2)9-15-16/h5-10,12H,4H2,1-3H3. The fraction of sp³-hybridized carbons (Fsp3) is 0.357. The lowest BCUT2D eigenvalue weighted by Gasteiger charge is -2.10. The molecule has 0 N–H and O–H groups in total. The van der Waals surface area contributed by atoms with Gasteiger partial charge in [-0.1, -0.05) is 26.0 Å². The lowest BCUT2D eigenvalue weighted by molar-refractivity contribution is 0.580. The van der Waals surface area contributed by atoms with Gasteiger partial charge in [-0.05, 0) is 42.5 Å². The van der Waals surface area contributed by atoms with Crippen molar-refractivity contribution in [1.29, 1.82) is 0 Å². The van der Waals surface area contributed by atoms with Gasteiger partial charge in [0, 0.05) is 6.20 Å². The van der Waals surface area contributed by atoms with E-state index in [1.165, 1.54) is 12.4 Å². The van der Waals surface area contributed by atoms with Crippen LogP contribution in [-0.4, -0.2) is 17.6 Å². The number of benzene rings is 1. The van der Waals surface area contributed by atoms with Crippen LogP contribution in [-0.2, 0) is 10.0 Å². The molecule has 0 aliphatic heterocycles. The van der Waals surface area contributed by atoms with Gasteiger partial charge < -0.3 is 0 Å². The summed E-state index contributed by atoms with van der Waals surface area (Å²) in [4.78, 5) is 0.266. The smallest absolute Gasteiger partial charge is 0.199 e. The van der Waals surface area contributed by atoms with Gasteiger partial charge in [0.25, 0.3) is 10.0 Å². The third-order valence-corrected chi connectivity index (χ3v) is 4.85. The average Bonchev–Trinajstić information content (AvgIpc) is 2.85. The molecule has 1 aromatic carbocycles. The second-order valence-electron chi connectivity index (χ2n) is 4.77. The van der Waals surface area contributed by atoms with Crippen LogP contribution in [0.25, 0.3) is 0 Å². The predicted molar refractivity (Wildman–Crippen MR) is 74.7 cm³/mol. The Bertz CT molecular complexity index is 657. The first kappa shape index (κ1) is 13.8. The molecule has 0 saturated heterocycles. The Hall–Kier alpha value is -1.62. The molecule has 4 nitrogen and oxygen atoms in total. The van der Waals surface area contributed by atoms with Crippen LogP contribution < -0.4 is 0 Å². The van der Waals surface area contributed by atoms with Gasteiger partial charge in [0.1, 0.15) is 0 Å². The second kappa shape index (κ2) is 5.17. The van der Waals surface area contributed by atoms with E-state index in [0.29, 0.717) is 5.92 Å². The Morgan fingerprint density at radius 3 is 2.37 bits per heavy atom. The highest BCUT2D eigenvalue weighted by atomic mass is 32.2. The van der Waals surface area contributed by atoms with E-state index in [9.17, 15) is 8.42 Å². The molecule has 0 aliphatic carbocycles. The topological polar surface area (TPSA) is 52.0 Å². The maximum Gasteiger partial charge on any atom is 0.282 e. The zero-order chi connectivity index (χ0) is 14.0. The molecule has 0 radical (unpaired) electrons. The Kier molecular flexibility index (Phi) is 3.75. The summed E-state index contributed by atoms with van der Waals surface area (Å²) in [5.41, 5.74) is 1.97. The molecular formula is C14H18N2O2S. The Morgan fingerprint density at radius 2 is 1.89 bits per heavy atom. The molecule has 2 rings (SSSR count). The molecule has 5 heteroatoms. The summed E-state index contributed by atoms with van der Waals surface area (Å²) in [6.07, 6.45) is 4.08. The van der Waals surface area contributed by atoms with Gasteiger partial charge in [-0.25, -0.2) is 0 Å². The number of hydrogen-bond acceptors (Lipinski definition) is 3. The van der Waals surface area contributed by atoms with E-state index in [2.05, 4.69) is 18.9 Å². The van der Waals surface area contributed by atoms with Gasteiger partial charge in [0.15, 0.2) is 0 Å². The highest BCUT2D eigenvalue weighted by molar-refractivity contribution is 7.89. The summed E-state index contributed by atoms with van der Waals surface area (Å²) in [5, 5.41) is 3.87. The third kappa shape index (κ3) is 2.71. The number of nitrogens with zero attached hydrogens (tertiary/aromatic N) is 2. The first-order valence-electron chi connectivity index (χ1n) is 6.32. The van der Waals surface area contributed by atoms with Crippen molar-refractivity contribution in [2.24, 2.45) is 0 Å². The van der Waals surface area contributed by atoms with Crippen LogP contribution in [0.3, 0.4) is 0 Å². The Morgan fingerprint density at radius 1 is 1.26 bits per heavy atom. The largest absolute Gasteiger partial charge is 0.282 e. The van der Waals surface area contributed by atoms with Crippen molar-refractivity contribution in [2.45, 2.75) is 38.0 Å². The first-order chi connectivity index (χ1) is 8.95. The fourth-order valence-corrected chi connectivity index (χ4v) is 3.00. The average molecular weight is 278 g/mol. The van der Waals surface area contributed by atoms with Gasteiger partial charge in [-0.15, -0.1) is 0 Å². The minimum absolute atomic E-state index is 0.266. The van der Waals surface area contributed by atoms with Crippen LogP contribution in [0.1, 0.15) is 37.3 Å². The molecular weight excluding hydrogens is 260 g/mol. The first-order valence-corrected chi connectivity index (χ1v) is 7.76. The summed E-state index contributed by atoms with van der Waals surface area (Å²) < 4.78 is 25.6. The van der Waals surface area contributed by atoms with Crippen LogP contribution in [0.4, 0.5) is 0 Å². The van der Waals surface area contributed by atoms with Crippen molar-refractivity contribution in [3.63, 3.8) is 0 Å².